The number of carbonyl (C=O) groups excluding carboxylic acids is 1. The van der Waals surface area contributed by atoms with Gasteiger partial charge in [0.2, 0.25) is 5.91 Å². The van der Waals surface area contributed by atoms with Gasteiger partial charge in [-0.1, -0.05) is 12.8 Å². The Balaban J connectivity index is 3.62. The van der Waals surface area contributed by atoms with E-state index in [1.165, 1.54) is 0 Å². The summed E-state index contributed by atoms with van der Waals surface area (Å²) in [6, 6.07) is -0.133. The summed E-state index contributed by atoms with van der Waals surface area (Å²) in [4.78, 5) is 22.2. The van der Waals surface area contributed by atoms with Crippen LogP contribution in [0.4, 0.5) is 0 Å². The van der Waals surface area contributed by atoms with Crippen molar-refractivity contribution < 1.29 is 14.7 Å². The molecule has 0 aromatic carbocycles. The summed E-state index contributed by atoms with van der Waals surface area (Å²) in [6.07, 6.45) is 5.45. The van der Waals surface area contributed by atoms with Gasteiger partial charge in [-0.05, 0) is 46.3 Å². The van der Waals surface area contributed by atoms with E-state index >= 15 is 0 Å². The molecule has 0 saturated carbocycles. The van der Waals surface area contributed by atoms with Crippen LogP contribution in [0.25, 0.3) is 0 Å². The minimum atomic E-state index is -0.758. The molecule has 0 heterocycles. The fraction of sp³-hybridized carbons (Fsp3) is 0.857. The summed E-state index contributed by atoms with van der Waals surface area (Å²) in [7, 11) is 3.72. The van der Waals surface area contributed by atoms with Crippen LogP contribution >= 0.6 is 0 Å². The van der Waals surface area contributed by atoms with E-state index in [1.54, 1.807) is 7.05 Å². The van der Waals surface area contributed by atoms with Crippen molar-refractivity contribution in [2.45, 2.75) is 51.0 Å². The van der Waals surface area contributed by atoms with E-state index in [2.05, 4.69) is 16.0 Å². The lowest BCUT2D eigenvalue weighted by Crippen LogP contribution is -2.42. The van der Waals surface area contributed by atoms with Crippen molar-refractivity contribution in [2.24, 2.45) is 0 Å². The van der Waals surface area contributed by atoms with Gasteiger partial charge in [-0.2, -0.15) is 0 Å². The third-order valence-electron chi connectivity index (χ3n) is 3.20. The number of carbonyl (C=O) groups is 2. The first kappa shape index (κ1) is 18.9. The Hall–Kier alpha value is -1.14. The van der Waals surface area contributed by atoms with E-state index in [4.69, 9.17) is 5.11 Å². The van der Waals surface area contributed by atoms with Crippen LogP contribution in [-0.4, -0.2) is 50.2 Å². The number of hydrogen-bond acceptors (Lipinski definition) is 4. The standard InChI is InChI=1S/C14H29N3O3/c1-15-10-7-5-8-12(16-2)14(20)17-11-6-3-4-9-13(18)19/h12,15-16H,3-11H2,1-2H3,(H,17,20)(H,18,19). The van der Waals surface area contributed by atoms with Crippen molar-refractivity contribution in [3.8, 4) is 0 Å². The van der Waals surface area contributed by atoms with Crippen LogP contribution in [0.15, 0.2) is 0 Å². The topological polar surface area (TPSA) is 90.5 Å². The normalized spacial score (nSPS) is 12.1. The van der Waals surface area contributed by atoms with Gasteiger partial charge in [0.1, 0.15) is 0 Å². The second kappa shape index (κ2) is 12.9. The highest BCUT2D eigenvalue weighted by Gasteiger charge is 2.14. The summed E-state index contributed by atoms with van der Waals surface area (Å²) in [5.41, 5.74) is 0. The van der Waals surface area contributed by atoms with E-state index in [-0.39, 0.29) is 18.4 Å². The molecule has 0 spiro atoms. The quantitative estimate of drug-likeness (QED) is 0.375. The molecule has 6 heteroatoms. The van der Waals surface area contributed by atoms with Gasteiger partial charge in [0.25, 0.3) is 0 Å². The van der Waals surface area contributed by atoms with E-state index in [1.807, 2.05) is 7.05 Å². The molecule has 0 fully saturated rings. The molecule has 0 bridgehead atoms. The van der Waals surface area contributed by atoms with Crippen LogP contribution in [0.2, 0.25) is 0 Å². The molecule has 0 radical (unpaired) electrons. The maximum absolute atomic E-state index is 11.9. The lowest BCUT2D eigenvalue weighted by molar-refractivity contribution is -0.137. The zero-order valence-electron chi connectivity index (χ0n) is 12.7. The number of carboxylic acids is 1. The maximum atomic E-state index is 11.9. The second-order valence-corrected chi connectivity index (χ2v) is 4.94. The number of rotatable bonds is 13. The molecular weight excluding hydrogens is 258 g/mol. The number of aliphatic carboxylic acids is 1. The fourth-order valence-electron chi connectivity index (χ4n) is 1.97. The van der Waals surface area contributed by atoms with Gasteiger partial charge >= 0.3 is 5.97 Å². The SMILES string of the molecule is CNCCCCC(NC)C(=O)NCCCCCC(=O)O. The number of likely N-dealkylation sites (N-methyl/N-ethyl adjacent to an activating group) is 1. The van der Waals surface area contributed by atoms with E-state index in [0.29, 0.717) is 13.0 Å². The largest absolute Gasteiger partial charge is 0.481 e. The highest BCUT2D eigenvalue weighted by atomic mass is 16.4. The summed E-state index contributed by atoms with van der Waals surface area (Å²) in [6.45, 7) is 1.59. The van der Waals surface area contributed by atoms with Crippen LogP contribution in [-0.2, 0) is 9.59 Å². The molecule has 0 saturated heterocycles. The Bertz CT molecular complexity index is 272. The van der Waals surface area contributed by atoms with Gasteiger partial charge in [0, 0.05) is 13.0 Å². The van der Waals surface area contributed by atoms with Gasteiger partial charge in [0.15, 0.2) is 0 Å². The summed E-state index contributed by atoms with van der Waals surface area (Å²) >= 11 is 0. The molecule has 0 aliphatic heterocycles. The first-order valence-corrected chi connectivity index (χ1v) is 7.43. The van der Waals surface area contributed by atoms with Gasteiger partial charge in [-0.15, -0.1) is 0 Å². The number of amides is 1. The zero-order valence-corrected chi connectivity index (χ0v) is 12.7. The van der Waals surface area contributed by atoms with E-state index < -0.39 is 5.97 Å². The molecule has 20 heavy (non-hydrogen) atoms. The lowest BCUT2D eigenvalue weighted by Gasteiger charge is -2.15. The van der Waals surface area contributed by atoms with Crippen molar-refractivity contribution in [3.63, 3.8) is 0 Å². The van der Waals surface area contributed by atoms with Crippen molar-refractivity contribution in [2.75, 3.05) is 27.2 Å². The summed E-state index contributed by atoms with van der Waals surface area (Å²) < 4.78 is 0. The average Bonchev–Trinajstić information content (AvgIpc) is 2.42. The molecule has 6 nitrogen and oxygen atoms in total. The van der Waals surface area contributed by atoms with Crippen LogP contribution < -0.4 is 16.0 Å². The second-order valence-electron chi connectivity index (χ2n) is 4.94. The Morgan fingerprint density at radius 1 is 1.00 bits per heavy atom. The minimum absolute atomic E-state index is 0.0372. The van der Waals surface area contributed by atoms with E-state index in [0.717, 1.165) is 38.6 Å². The van der Waals surface area contributed by atoms with Crippen molar-refractivity contribution in [1.82, 2.24) is 16.0 Å². The number of unbranched alkanes of at least 4 members (excludes halogenated alkanes) is 3. The lowest BCUT2D eigenvalue weighted by atomic mass is 10.1. The molecular formula is C14H29N3O3. The highest BCUT2D eigenvalue weighted by Crippen LogP contribution is 2.02. The van der Waals surface area contributed by atoms with Gasteiger partial charge in [0.05, 0.1) is 6.04 Å². The molecule has 0 aliphatic rings. The monoisotopic (exact) mass is 287 g/mol. The molecule has 0 rings (SSSR count). The van der Waals surface area contributed by atoms with Crippen molar-refractivity contribution in [1.29, 1.82) is 0 Å². The molecule has 0 aromatic rings. The first-order chi connectivity index (χ1) is 9.61. The molecule has 1 unspecified atom stereocenters. The first-order valence-electron chi connectivity index (χ1n) is 7.43. The minimum Gasteiger partial charge on any atom is -0.481 e. The van der Waals surface area contributed by atoms with Crippen LogP contribution in [0.3, 0.4) is 0 Å². The maximum Gasteiger partial charge on any atom is 0.303 e. The molecule has 0 aliphatic carbocycles. The van der Waals surface area contributed by atoms with Gasteiger partial charge in [-0.3, -0.25) is 9.59 Å². The highest BCUT2D eigenvalue weighted by molar-refractivity contribution is 5.81. The van der Waals surface area contributed by atoms with Gasteiger partial charge in [-0.25, -0.2) is 0 Å². The zero-order chi connectivity index (χ0) is 15.2. The van der Waals surface area contributed by atoms with Gasteiger partial charge < -0.3 is 21.1 Å². The van der Waals surface area contributed by atoms with Crippen molar-refractivity contribution in [3.05, 3.63) is 0 Å². The number of carboxylic acid groups (broad SMARTS) is 1. The smallest absolute Gasteiger partial charge is 0.303 e. The molecule has 1 atom stereocenters. The van der Waals surface area contributed by atoms with E-state index in [9.17, 15) is 9.59 Å². The average molecular weight is 287 g/mol. The Kier molecular flexibility index (Phi) is 12.1. The molecule has 0 aromatic heterocycles. The molecule has 4 N–H and O–H groups in total. The Morgan fingerprint density at radius 2 is 1.70 bits per heavy atom. The third kappa shape index (κ3) is 10.8. The number of hydrogen-bond donors (Lipinski definition) is 4. The molecule has 1 amide bonds. The van der Waals surface area contributed by atoms with Crippen LogP contribution in [0.5, 0.6) is 0 Å². The Morgan fingerprint density at radius 3 is 2.30 bits per heavy atom. The predicted octanol–water partition coefficient (Wildman–Crippen LogP) is 0.725. The fourth-order valence-corrected chi connectivity index (χ4v) is 1.97. The predicted molar refractivity (Wildman–Crippen MR) is 79.7 cm³/mol. The molecule has 118 valence electrons. The van der Waals surface area contributed by atoms with Crippen molar-refractivity contribution >= 4 is 11.9 Å². The summed E-state index contributed by atoms with van der Waals surface area (Å²) in [5, 5.41) is 17.5. The third-order valence-corrected chi connectivity index (χ3v) is 3.20. The Labute approximate surface area is 121 Å². The number of nitrogens with one attached hydrogen (secondary N) is 3. The summed E-state index contributed by atoms with van der Waals surface area (Å²) in [5.74, 6) is -0.721. The van der Waals surface area contributed by atoms with Crippen LogP contribution in [0.1, 0.15) is 44.9 Å². The van der Waals surface area contributed by atoms with Crippen LogP contribution in [0, 0.1) is 0 Å².